The van der Waals surface area contributed by atoms with E-state index in [1.54, 1.807) is 27.4 Å². The van der Waals surface area contributed by atoms with Crippen LogP contribution in [-0.4, -0.2) is 67.6 Å². The molecule has 9 heteroatoms. The fraction of sp³-hybridized carbons (Fsp3) is 0.481. The zero-order chi connectivity index (χ0) is 44.7. The van der Waals surface area contributed by atoms with Crippen LogP contribution in [0, 0.1) is 17.8 Å². The quantitative estimate of drug-likeness (QED) is 0.0801. The number of cyclic esters (lactones) is 1. The third-order valence-electron chi connectivity index (χ3n) is 12.5. The lowest BCUT2D eigenvalue weighted by Gasteiger charge is -2.41. The Hall–Kier alpha value is -4.41. The zero-order valence-corrected chi connectivity index (χ0v) is 40.0. The van der Waals surface area contributed by atoms with Crippen LogP contribution in [0.25, 0.3) is 0 Å². The van der Waals surface area contributed by atoms with E-state index in [-0.39, 0.29) is 36.2 Å². The van der Waals surface area contributed by atoms with Crippen molar-refractivity contribution < 1.29 is 37.6 Å². The summed E-state index contributed by atoms with van der Waals surface area (Å²) >= 11 is 0. The minimum Gasteiger partial charge on any atom is -0.497 e. The number of methoxy groups -OCH3 is 4. The molecule has 8 nitrogen and oxygen atoms in total. The molecule has 1 unspecified atom stereocenters. The number of carbonyl (C=O) groups excluding carboxylic acids is 1. The Bertz CT molecular complexity index is 1880. The lowest BCUT2D eigenvalue weighted by Crippen LogP contribution is -2.47. The maximum Gasteiger partial charge on any atom is 0.373 e. The molecule has 0 saturated heterocycles. The van der Waals surface area contributed by atoms with Gasteiger partial charge in [0, 0.05) is 13.0 Å². The van der Waals surface area contributed by atoms with Gasteiger partial charge in [-0.15, -0.1) is 0 Å². The predicted molar refractivity (Wildman–Crippen MR) is 249 cm³/mol. The highest BCUT2D eigenvalue weighted by Crippen LogP contribution is 2.43. The second kappa shape index (κ2) is 23.1. The Morgan fingerprint density at radius 3 is 1.84 bits per heavy atom. The van der Waals surface area contributed by atoms with Crippen molar-refractivity contribution >= 4 is 14.3 Å². The first-order valence-corrected chi connectivity index (χ1v) is 24.3. The third-order valence-corrected chi connectivity index (χ3v) is 17.7. The Morgan fingerprint density at radius 1 is 0.787 bits per heavy atom. The Labute approximate surface area is 368 Å². The molecule has 0 saturated carbocycles. The standard InChI is InChI=1S/C52H72O8Si/c1-14-61(15-2,36(3)4)60-49-39(7)32-37(5)20-19-23-47(56-12)50(59-51(53)48(57-13)34-38(6)33-40(49)8)41(9)35-58-52(42-21-17-16-18-22-42,43-24-28-45(54-10)29-25-43)44-26-30-46(55-11)31-27-44/h16-31,33-34,36,39-41,47,49-50H,14-15,32,35H2,1-13H3/b23-19?,37-20-,38-33+,48-34-/t39-,40+,41-,47?,49-,50+/m0/s1. The van der Waals surface area contributed by atoms with Crippen molar-refractivity contribution in [3.8, 4) is 11.5 Å². The van der Waals surface area contributed by atoms with Crippen molar-refractivity contribution in [1.82, 2.24) is 0 Å². The molecule has 332 valence electrons. The van der Waals surface area contributed by atoms with Gasteiger partial charge < -0.3 is 32.8 Å². The van der Waals surface area contributed by atoms with E-state index in [9.17, 15) is 4.79 Å². The van der Waals surface area contributed by atoms with E-state index < -0.39 is 32.1 Å². The van der Waals surface area contributed by atoms with Crippen LogP contribution >= 0.6 is 0 Å². The molecule has 3 aromatic rings. The van der Waals surface area contributed by atoms with Crippen molar-refractivity contribution in [2.45, 2.75) is 110 Å². The number of esters is 1. The highest BCUT2D eigenvalue weighted by atomic mass is 28.4. The van der Waals surface area contributed by atoms with E-state index in [1.165, 1.54) is 12.7 Å². The number of allylic oxidation sites excluding steroid dienone is 5. The number of hydrogen-bond donors (Lipinski definition) is 0. The summed E-state index contributed by atoms with van der Waals surface area (Å²) < 4.78 is 44.0. The van der Waals surface area contributed by atoms with Crippen LogP contribution in [0.15, 0.2) is 126 Å². The van der Waals surface area contributed by atoms with Gasteiger partial charge in [0.15, 0.2) is 8.32 Å². The van der Waals surface area contributed by atoms with Crippen LogP contribution in [0.5, 0.6) is 11.5 Å². The minimum absolute atomic E-state index is 0.00582. The highest BCUT2D eigenvalue weighted by molar-refractivity contribution is 6.75. The number of rotatable bonds is 16. The smallest absolute Gasteiger partial charge is 0.373 e. The first-order chi connectivity index (χ1) is 29.2. The number of hydrogen-bond acceptors (Lipinski definition) is 8. The van der Waals surface area contributed by atoms with Crippen LogP contribution in [0.4, 0.5) is 0 Å². The first kappa shape index (κ1) is 49.2. The predicted octanol–water partition coefficient (Wildman–Crippen LogP) is 12.0. The van der Waals surface area contributed by atoms with Crippen LogP contribution in [0.1, 0.15) is 85.4 Å². The molecular formula is C52H72O8Si. The molecule has 0 spiro atoms. The second-order valence-electron chi connectivity index (χ2n) is 16.9. The number of benzene rings is 3. The second-order valence-corrected chi connectivity index (χ2v) is 21.9. The summed E-state index contributed by atoms with van der Waals surface area (Å²) in [6.45, 7) is 20.1. The normalized spacial score (nSPS) is 24.1. The molecule has 0 aliphatic carbocycles. The Balaban J connectivity index is 1.80. The van der Waals surface area contributed by atoms with Gasteiger partial charge in [0.25, 0.3) is 0 Å². The lowest BCUT2D eigenvalue weighted by molar-refractivity contribution is -0.160. The molecule has 0 radical (unpaired) electrons. The van der Waals surface area contributed by atoms with Crippen LogP contribution < -0.4 is 9.47 Å². The Kier molecular flexibility index (Phi) is 18.7. The average molecular weight is 853 g/mol. The van der Waals surface area contributed by atoms with E-state index in [2.05, 4.69) is 72.8 Å². The highest BCUT2D eigenvalue weighted by Gasteiger charge is 2.42. The van der Waals surface area contributed by atoms with E-state index in [4.69, 9.17) is 32.8 Å². The van der Waals surface area contributed by atoms with Gasteiger partial charge in [0.05, 0.1) is 34.0 Å². The molecule has 0 amide bonds. The maximum atomic E-state index is 14.2. The molecule has 61 heavy (non-hydrogen) atoms. The van der Waals surface area contributed by atoms with Gasteiger partial charge in [-0.2, -0.15) is 0 Å². The van der Waals surface area contributed by atoms with E-state index in [1.807, 2.05) is 92.7 Å². The van der Waals surface area contributed by atoms with Crippen LogP contribution in [0.2, 0.25) is 17.6 Å². The van der Waals surface area contributed by atoms with Gasteiger partial charge in [0.2, 0.25) is 5.76 Å². The van der Waals surface area contributed by atoms with Crippen molar-refractivity contribution in [2.24, 2.45) is 17.8 Å². The molecule has 0 N–H and O–H groups in total. The third kappa shape index (κ3) is 12.2. The summed E-state index contributed by atoms with van der Waals surface area (Å²) in [6, 6.07) is 28.1. The number of ether oxygens (including phenoxy) is 6. The summed E-state index contributed by atoms with van der Waals surface area (Å²) in [4.78, 5) is 14.2. The zero-order valence-electron chi connectivity index (χ0n) is 39.0. The van der Waals surface area contributed by atoms with Crippen molar-refractivity contribution in [3.05, 3.63) is 143 Å². The molecule has 3 aromatic carbocycles. The summed E-state index contributed by atoms with van der Waals surface area (Å²) in [5.41, 5.74) is 4.30. The summed E-state index contributed by atoms with van der Waals surface area (Å²) in [5.74, 6) is 0.963. The largest absolute Gasteiger partial charge is 0.497 e. The van der Waals surface area contributed by atoms with Crippen LogP contribution in [-0.2, 0) is 33.8 Å². The van der Waals surface area contributed by atoms with E-state index in [0.29, 0.717) is 5.54 Å². The van der Waals surface area contributed by atoms with E-state index in [0.717, 1.165) is 52.3 Å². The molecule has 0 aromatic heterocycles. The van der Waals surface area contributed by atoms with Crippen molar-refractivity contribution in [2.75, 3.05) is 35.0 Å². The maximum absolute atomic E-state index is 14.2. The summed E-state index contributed by atoms with van der Waals surface area (Å²) in [7, 11) is 4.43. The van der Waals surface area contributed by atoms with Gasteiger partial charge >= 0.3 is 5.97 Å². The number of carbonyl (C=O) groups is 1. The first-order valence-electron chi connectivity index (χ1n) is 21.9. The molecule has 0 fully saturated rings. The molecule has 1 aliphatic rings. The van der Waals surface area contributed by atoms with Gasteiger partial charge in [-0.1, -0.05) is 139 Å². The fourth-order valence-electron chi connectivity index (χ4n) is 8.81. The molecular weight excluding hydrogens is 781 g/mol. The molecule has 1 heterocycles. The molecule has 0 bridgehead atoms. The minimum atomic E-state index is -2.02. The van der Waals surface area contributed by atoms with Crippen LogP contribution in [0.3, 0.4) is 0 Å². The van der Waals surface area contributed by atoms with E-state index >= 15 is 0 Å². The lowest BCUT2D eigenvalue weighted by atomic mass is 9.79. The average Bonchev–Trinajstić information content (AvgIpc) is 3.27. The van der Waals surface area contributed by atoms with Gasteiger partial charge in [-0.05, 0) is 96.8 Å². The molecule has 1 aliphatic heterocycles. The fourth-order valence-corrected chi connectivity index (χ4v) is 12.5. The van der Waals surface area contributed by atoms with Crippen molar-refractivity contribution in [3.63, 3.8) is 0 Å². The van der Waals surface area contributed by atoms with Gasteiger partial charge in [-0.3, -0.25) is 0 Å². The summed E-state index contributed by atoms with van der Waals surface area (Å²) in [6.07, 6.45) is 9.61. The molecule has 6 atom stereocenters. The Morgan fingerprint density at radius 2 is 1.34 bits per heavy atom. The van der Waals surface area contributed by atoms with Gasteiger partial charge in [0.1, 0.15) is 29.3 Å². The monoisotopic (exact) mass is 852 g/mol. The van der Waals surface area contributed by atoms with Crippen molar-refractivity contribution in [1.29, 1.82) is 0 Å². The molecule has 4 rings (SSSR count). The topological polar surface area (TPSA) is 81.7 Å². The van der Waals surface area contributed by atoms with Gasteiger partial charge in [-0.25, -0.2) is 4.79 Å². The SMILES string of the molecule is CC[Si](CC)(O[C@@H]1[C@H](C)/C=C(C)/C=C(\OC)C(=O)O[C@H]([C@@H](C)COC(c2ccccc2)(c2ccc(OC)cc2)c2ccc(OC)cc2)C(OC)C=C/C=C(/C)C[C@@H]1C)C(C)C. The summed E-state index contributed by atoms with van der Waals surface area (Å²) in [5, 5.41) is 0.